The van der Waals surface area contributed by atoms with Crippen LogP contribution in [0.2, 0.25) is 0 Å². The first-order valence-electron chi connectivity index (χ1n) is 5.63. The molecule has 2 N–H and O–H groups in total. The summed E-state index contributed by atoms with van der Waals surface area (Å²) < 4.78 is 1.56. The quantitative estimate of drug-likeness (QED) is 0.583. The Balaban J connectivity index is 2.30. The van der Waals surface area contributed by atoms with E-state index < -0.39 is 22.3 Å². The van der Waals surface area contributed by atoms with Gasteiger partial charge >= 0.3 is 5.69 Å². The fourth-order valence-electron chi connectivity index (χ4n) is 1.63. The van der Waals surface area contributed by atoms with Crippen molar-refractivity contribution >= 4 is 49.1 Å². The van der Waals surface area contributed by atoms with Gasteiger partial charge in [0.1, 0.15) is 0 Å². The number of hydrogen-bond donors (Lipinski definition) is 2. The van der Waals surface area contributed by atoms with Crippen molar-refractivity contribution in [1.29, 1.82) is 0 Å². The number of anilines is 1. The maximum Gasteiger partial charge on any atom is 0.311 e. The topological polar surface area (TPSA) is 92.5 Å². The highest BCUT2D eigenvalue weighted by molar-refractivity contribution is 9.13. The number of carbonyl (C=O) groups excluding carboxylic acids is 1. The Bertz CT molecular complexity index is 734. The average Bonchev–Trinajstić information content (AvgIpc) is 2.42. The first-order valence-corrected chi connectivity index (χ1v) is 7.21. The molecule has 0 aliphatic carbocycles. The number of nitro groups is 1. The van der Waals surface area contributed by atoms with Gasteiger partial charge < -0.3 is 10.4 Å². The predicted molar refractivity (Wildman–Crippen MR) is 84.6 cm³/mol. The summed E-state index contributed by atoms with van der Waals surface area (Å²) in [5.41, 5.74) is -0.191. The zero-order valence-electron chi connectivity index (χ0n) is 10.3. The smallest absolute Gasteiger partial charge is 0.311 e. The number of para-hydroxylation sites is 1. The molecule has 2 rings (SSSR count). The van der Waals surface area contributed by atoms with Crippen LogP contribution >= 0.6 is 31.9 Å². The van der Waals surface area contributed by atoms with E-state index in [-0.39, 0.29) is 5.56 Å². The zero-order chi connectivity index (χ0) is 15.6. The SMILES string of the molecule is O=C(Nc1ccc(Br)c(Br)c1)c1cccc([N+](=O)[O-])c1O. The Morgan fingerprint density at radius 3 is 2.52 bits per heavy atom. The Morgan fingerprint density at radius 2 is 1.90 bits per heavy atom. The summed E-state index contributed by atoms with van der Waals surface area (Å²) in [6.45, 7) is 0. The lowest BCUT2D eigenvalue weighted by Crippen LogP contribution is -2.12. The van der Waals surface area contributed by atoms with Crippen molar-refractivity contribution in [3.8, 4) is 5.75 Å². The van der Waals surface area contributed by atoms with Gasteiger partial charge in [-0.1, -0.05) is 6.07 Å². The standard InChI is InChI=1S/C13H8Br2N2O4/c14-9-5-4-7(6-10(9)15)16-13(19)8-2-1-3-11(12(8)18)17(20)21/h1-6,18H,(H,16,19). The Hall–Kier alpha value is -1.93. The van der Waals surface area contributed by atoms with E-state index in [1.54, 1.807) is 18.2 Å². The van der Waals surface area contributed by atoms with Crippen molar-refractivity contribution in [1.82, 2.24) is 0 Å². The fraction of sp³-hybridized carbons (Fsp3) is 0. The molecule has 1 amide bonds. The van der Waals surface area contributed by atoms with Crippen LogP contribution in [-0.4, -0.2) is 15.9 Å². The summed E-state index contributed by atoms with van der Waals surface area (Å²) >= 11 is 6.60. The van der Waals surface area contributed by atoms with E-state index in [0.717, 1.165) is 15.0 Å². The molecule has 0 spiro atoms. The molecule has 21 heavy (non-hydrogen) atoms. The van der Waals surface area contributed by atoms with Gasteiger partial charge in [-0.05, 0) is 56.1 Å². The van der Waals surface area contributed by atoms with Gasteiger partial charge in [0.05, 0.1) is 10.5 Å². The first-order chi connectivity index (χ1) is 9.90. The number of carbonyl (C=O) groups is 1. The summed E-state index contributed by atoms with van der Waals surface area (Å²) in [6.07, 6.45) is 0. The summed E-state index contributed by atoms with van der Waals surface area (Å²) in [7, 11) is 0. The van der Waals surface area contributed by atoms with E-state index in [1.807, 2.05) is 0 Å². The van der Waals surface area contributed by atoms with E-state index >= 15 is 0 Å². The lowest BCUT2D eigenvalue weighted by molar-refractivity contribution is -0.385. The molecule has 0 atom stereocenters. The van der Waals surface area contributed by atoms with E-state index in [2.05, 4.69) is 37.2 Å². The Labute approximate surface area is 136 Å². The van der Waals surface area contributed by atoms with Gasteiger partial charge in [0, 0.05) is 20.7 Å². The number of amides is 1. The van der Waals surface area contributed by atoms with Crippen LogP contribution in [0.15, 0.2) is 45.3 Å². The van der Waals surface area contributed by atoms with Crippen LogP contribution in [0.25, 0.3) is 0 Å². The van der Waals surface area contributed by atoms with Crippen LogP contribution in [0.3, 0.4) is 0 Å². The highest BCUT2D eigenvalue weighted by Crippen LogP contribution is 2.30. The maximum atomic E-state index is 12.1. The van der Waals surface area contributed by atoms with Gasteiger partial charge in [-0.15, -0.1) is 0 Å². The van der Waals surface area contributed by atoms with Crippen LogP contribution in [0.5, 0.6) is 5.75 Å². The molecular formula is C13H8Br2N2O4. The van der Waals surface area contributed by atoms with E-state index in [1.165, 1.54) is 12.1 Å². The monoisotopic (exact) mass is 414 g/mol. The number of nitrogens with zero attached hydrogens (tertiary/aromatic N) is 1. The average molecular weight is 416 g/mol. The van der Waals surface area contributed by atoms with Crippen molar-refractivity contribution in [3.63, 3.8) is 0 Å². The van der Waals surface area contributed by atoms with Crippen LogP contribution in [0.1, 0.15) is 10.4 Å². The minimum absolute atomic E-state index is 0.164. The highest BCUT2D eigenvalue weighted by atomic mass is 79.9. The molecule has 0 bridgehead atoms. The number of phenolic OH excluding ortho intramolecular Hbond substituents is 1. The number of nitrogens with one attached hydrogen (secondary N) is 1. The van der Waals surface area contributed by atoms with Crippen LogP contribution in [0.4, 0.5) is 11.4 Å². The van der Waals surface area contributed by atoms with Crippen LogP contribution < -0.4 is 5.32 Å². The van der Waals surface area contributed by atoms with Gasteiger partial charge in [0.15, 0.2) is 0 Å². The van der Waals surface area contributed by atoms with Crippen molar-refractivity contribution in [3.05, 3.63) is 61.0 Å². The minimum Gasteiger partial charge on any atom is -0.502 e. The number of rotatable bonds is 3. The molecule has 8 heteroatoms. The molecule has 0 unspecified atom stereocenters. The molecule has 2 aromatic carbocycles. The predicted octanol–water partition coefficient (Wildman–Crippen LogP) is 4.08. The fourth-order valence-corrected chi connectivity index (χ4v) is 2.26. The molecule has 2 aromatic rings. The molecule has 0 saturated carbocycles. The van der Waals surface area contributed by atoms with Gasteiger partial charge in [-0.3, -0.25) is 14.9 Å². The summed E-state index contributed by atoms with van der Waals surface area (Å²) in [5.74, 6) is -1.29. The van der Waals surface area contributed by atoms with Crippen molar-refractivity contribution in [2.24, 2.45) is 0 Å². The van der Waals surface area contributed by atoms with Gasteiger partial charge in [0.25, 0.3) is 5.91 Å². The van der Waals surface area contributed by atoms with Crippen molar-refractivity contribution < 1.29 is 14.8 Å². The molecular weight excluding hydrogens is 408 g/mol. The second-order valence-corrected chi connectivity index (χ2v) is 5.72. The minimum atomic E-state index is -0.748. The summed E-state index contributed by atoms with van der Waals surface area (Å²) in [6, 6.07) is 8.82. The third kappa shape index (κ3) is 3.40. The molecule has 6 nitrogen and oxygen atoms in total. The molecule has 0 radical (unpaired) electrons. The zero-order valence-corrected chi connectivity index (χ0v) is 13.5. The van der Waals surface area contributed by atoms with Gasteiger partial charge in [0.2, 0.25) is 5.75 Å². The van der Waals surface area contributed by atoms with E-state index in [0.29, 0.717) is 5.69 Å². The number of phenols is 1. The maximum absolute atomic E-state index is 12.1. The molecule has 0 aliphatic rings. The molecule has 0 fully saturated rings. The van der Waals surface area contributed by atoms with E-state index in [4.69, 9.17) is 0 Å². The normalized spacial score (nSPS) is 10.2. The highest BCUT2D eigenvalue weighted by Gasteiger charge is 2.21. The van der Waals surface area contributed by atoms with Gasteiger partial charge in [-0.25, -0.2) is 0 Å². The third-order valence-electron chi connectivity index (χ3n) is 2.63. The van der Waals surface area contributed by atoms with Crippen LogP contribution in [0, 0.1) is 10.1 Å². The molecule has 0 heterocycles. The molecule has 0 saturated heterocycles. The Morgan fingerprint density at radius 1 is 1.19 bits per heavy atom. The number of aromatic hydroxyl groups is 1. The molecule has 0 aromatic heterocycles. The third-order valence-corrected chi connectivity index (χ3v) is 4.51. The largest absolute Gasteiger partial charge is 0.502 e. The number of nitro benzene ring substituents is 1. The summed E-state index contributed by atoms with van der Waals surface area (Å²) in [4.78, 5) is 22.1. The van der Waals surface area contributed by atoms with Gasteiger partial charge in [-0.2, -0.15) is 0 Å². The van der Waals surface area contributed by atoms with Crippen LogP contribution in [-0.2, 0) is 0 Å². The number of halogens is 2. The van der Waals surface area contributed by atoms with E-state index in [9.17, 15) is 20.0 Å². The summed E-state index contributed by atoms with van der Waals surface area (Å²) in [5, 5.41) is 23.1. The van der Waals surface area contributed by atoms with Crippen molar-refractivity contribution in [2.45, 2.75) is 0 Å². The lowest BCUT2D eigenvalue weighted by atomic mass is 10.1. The van der Waals surface area contributed by atoms with Crippen molar-refractivity contribution in [2.75, 3.05) is 5.32 Å². The second-order valence-electron chi connectivity index (χ2n) is 4.01. The number of hydrogen-bond acceptors (Lipinski definition) is 4. The molecule has 0 aliphatic heterocycles. The first kappa shape index (κ1) is 15.5. The number of benzene rings is 2. The molecule has 108 valence electrons. The lowest BCUT2D eigenvalue weighted by Gasteiger charge is -2.08. The second kappa shape index (κ2) is 6.23. The Kier molecular flexibility index (Phi) is 4.59.